The number of nitrogens with one attached hydrogen (secondary N) is 1. The van der Waals surface area contributed by atoms with Gasteiger partial charge >= 0.3 is 0 Å². The summed E-state index contributed by atoms with van der Waals surface area (Å²) < 4.78 is 6.41. The van der Waals surface area contributed by atoms with Gasteiger partial charge in [0.2, 0.25) is 5.91 Å². The lowest BCUT2D eigenvalue weighted by Gasteiger charge is -2.36. The highest BCUT2D eigenvalue weighted by atomic mass is 32.2. The fraction of sp³-hybridized carbons (Fsp3) is 0.423. The second-order valence-corrected chi connectivity index (χ2v) is 11.8. The summed E-state index contributed by atoms with van der Waals surface area (Å²) in [6.07, 6.45) is 6.17. The van der Waals surface area contributed by atoms with Crippen molar-refractivity contribution in [2.75, 3.05) is 26.1 Å². The van der Waals surface area contributed by atoms with E-state index in [1.165, 1.54) is 11.8 Å². The Kier molecular flexibility index (Phi) is 9.15. The first kappa shape index (κ1) is 27.9. The van der Waals surface area contributed by atoms with Crippen molar-refractivity contribution < 1.29 is 29.3 Å². The summed E-state index contributed by atoms with van der Waals surface area (Å²) in [7, 11) is 0. The Balaban J connectivity index is 1.45. The summed E-state index contributed by atoms with van der Waals surface area (Å²) in [6.45, 7) is -1.75. The smallest absolute Gasteiger partial charge is 0.266 e. The van der Waals surface area contributed by atoms with Crippen molar-refractivity contribution in [1.82, 2.24) is 10.2 Å². The minimum atomic E-state index is -1.48. The molecule has 37 heavy (non-hydrogen) atoms. The molecule has 1 aliphatic heterocycles. The van der Waals surface area contributed by atoms with Gasteiger partial charge in [0.1, 0.15) is 21.4 Å². The molecule has 198 valence electrons. The lowest BCUT2D eigenvalue weighted by atomic mass is 9.83. The van der Waals surface area contributed by atoms with Crippen molar-refractivity contribution in [2.45, 2.75) is 42.2 Å². The van der Waals surface area contributed by atoms with Gasteiger partial charge in [-0.25, -0.2) is 0 Å². The number of aliphatic hydroxyl groups is 3. The van der Waals surface area contributed by atoms with E-state index < -0.39 is 31.3 Å². The fourth-order valence-electron chi connectivity index (χ4n) is 4.53. The molecule has 8 nitrogen and oxygen atoms in total. The molecule has 2 amide bonds. The van der Waals surface area contributed by atoms with E-state index >= 15 is 0 Å². The van der Waals surface area contributed by atoms with Gasteiger partial charge in [-0.3, -0.25) is 14.5 Å². The molecule has 1 aliphatic carbocycles. The summed E-state index contributed by atoms with van der Waals surface area (Å²) >= 11 is 8.43. The Hall–Kier alpha value is -2.15. The standard InChI is InChI=1S/C26H30N2O6S3/c1-36-20-8-5-16(6-9-20)21-10-7-19(34-21)12-22-24(33)28(25(35)37-22)18-4-2-3-17(11-18)23(32)27-26(13-29,14-30)15-31/h5-10,12,17-18,29-31H,2-4,11,13-15H2,1H3,(H,27,32). The quantitative estimate of drug-likeness (QED) is 0.207. The number of hydrogen-bond acceptors (Lipinski definition) is 9. The zero-order chi connectivity index (χ0) is 26.6. The van der Waals surface area contributed by atoms with Crippen LogP contribution >= 0.6 is 35.7 Å². The van der Waals surface area contributed by atoms with E-state index in [2.05, 4.69) is 5.32 Å². The van der Waals surface area contributed by atoms with Gasteiger partial charge in [-0.15, -0.1) is 11.8 Å². The summed E-state index contributed by atoms with van der Waals surface area (Å²) in [5, 5.41) is 31.2. The van der Waals surface area contributed by atoms with Crippen molar-refractivity contribution in [1.29, 1.82) is 0 Å². The topological polar surface area (TPSA) is 123 Å². The molecule has 0 radical (unpaired) electrons. The highest BCUT2D eigenvalue weighted by Gasteiger charge is 2.41. The van der Waals surface area contributed by atoms with Crippen molar-refractivity contribution >= 4 is 58.0 Å². The molecule has 2 heterocycles. The number of nitrogens with zero attached hydrogens (tertiary/aromatic N) is 1. The summed E-state index contributed by atoms with van der Waals surface area (Å²) in [5.74, 6) is 0.260. The molecule has 2 atom stereocenters. The van der Waals surface area contributed by atoms with Gasteiger partial charge < -0.3 is 25.1 Å². The molecule has 1 aromatic carbocycles. The number of carbonyl (C=O) groups excluding carboxylic acids is 2. The minimum absolute atomic E-state index is 0.209. The van der Waals surface area contributed by atoms with Gasteiger partial charge in [-0.2, -0.15) is 0 Å². The fourth-order valence-corrected chi connectivity index (χ4v) is 6.32. The molecule has 4 N–H and O–H groups in total. The third-order valence-corrected chi connectivity index (χ3v) is 8.85. The molecule has 4 rings (SSSR count). The van der Waals surface area contributed by atoms with Crippen LogP contribution in [0.4, 0.5) is 0 Å². The van der Waals surface area contributed by atoms with Gasteiger partial charge in [-0.05, 0) is 49.8 Å². The Labute approximate surface area is 229 Å². The van der Waals surface area contributed by atoms with E-state index in [0.29, 0.717) is 40.0 Å². The molecule has 1 aromatic heterocycles. The highest BCUT2D eigenvalue weighted by Crippen LogP contribution is 2.39. The second kappa shape index (κ2) is 12.1. The Bertz CT molecular complexity index is 1170. The van der Waals surface area contributed by atoms with Crippen molar-refractivity contribution in [3.63, 3.8) is 0 Å². The van der Waals surface area contributed by atoms with E-state index in [1.807, 2.05) is 42.7 Å². The van der Waals surface area contributed by atoms with Crippen LogP contribution < -0.4 is 5.32 Å². The monoisotopic (exact) mass is 562 g/mol. The number of rotatable bonds is 9. The van der Waals surface area contributed by atoms with E-state index in [1.54, 1.807) is 22.7 Å². The number of furan rings is 1. The average molecular weight is 563 g/mol. The van der Waals surface area contributed by atoms with Gasteiger partial charge in [-0.1, -0.05) is 42.5 Å². The van der Waals surface area contributed by atoms with Crippen LogP contribution in [-0.4, -0.2) is 74.0 Å². The van der Waals surface area contributed by atoms with Crippen LogP contribution in [0, 0.1) is 5.92 Å². The van der Waals surface area contributed by atoms with Crippen molar-refractivity contribution in [2.24, 2.45) is 5.92 Å². The maximum absolute atomic E-state index is 13.3. The molecular formula is C26H30N2O6S3. The number of thioether (sulfide) groups is 2. The number of hydrogen-bond donors (Lipinski definition) is 4. The van der Waals surface area contributed by atoms with Crippen LogP contribution in [0.1, 0.15) is 31.4 Å². The van der Waals surface area contributed by atoms with E-state index in [-0.39, 0.29) is 17.9 Å². The van der Waals surface area contributed by atoms with E-state index in [9.17, 15) is 24.9 Å². The molecule has 1 saturated carbocycles. The molecule has 0 bridgehead atoms. The third kappa shape index (κ3) is 6.13. The number of carbonyl (C=O) groups is 2. The van der Waals surface area contributed by atoms with Crippen LogP contribution in [0.3, 0.4) is 0 Å². The molecule has 2 aromatic rings. The largest absolute Gasteiger partial charge is 0.457 e. The average Bonchev–Trinajstić information content (AvgIpc) is 3.51. The molecule has 2 aliphatic rings. The number of thiocarbonyl (C=S) groups is 1. The third-order valence-electron chi connectivity index (χ3n) is 6.78. The zero-order valence-electron chi connectivity index (χ0n) is 20.4. The van der Waals surface area contributed by atoms with Gasteiger partial charge in [0, 0.05) is 28.5 Å². The van der Waals surface area contributed by atoms with Crippen LogP contribution in [0.5, 0.6) is 0 Å². The van der Waals surface area contributed by atoms with Gasteiger partial charge in [0.15, 0.2) is 0 Å². The molecule has 1 saturated heterocycles. The summed E-state index contributed by atoms with van der Waals surface area (Å²) in [4.78, 5) is 29.4. The van der Waals surface area contributed by atoms with Crippen molar-refractivity contribution in [3.8, 4) is 11.3 Å². The van der Waals surface area contributed by atoms with Gasteiger partial charge in [0.05, 0.1) is 24.7 Å². The molecule has 2 fully saturated rings. The van der Waals surface area contributed by atoms with Crippen LogP contribution in [0.25, 0.3) is 17.4 Å². The summed E-state index contributed by atoms with van der Waals surface area (Å²) in [6, 6.07) is 11.5. The number of benzene rings is 1. The SMILES string of the molecule is CSc1ccc(-c2ccc(C=C3SC(=S)N(C4CCCC(C(=O)NC(CO)(CO)CO)C4)C3=O)o2)cc1. The zero-order valence-corrected chi connectivity index (χ0v) is 22.8. The first-order valence-electron chi connectivity index (χ1n) is 12.0. The predicted octanol–water partition coefficient (Wildman–Crippen LogP) is 3.26. The minimum Gasteiger partial charge on any atom is -0.457 e. The number of amides is 2. The second-order valence-electron chi connectivity index (χ2n) is 9.24. The van der Waals surface area contributed by atoms with Crippen LogP contribution in [0.2, 0.25) is 0 Å². The highest BCUT2D eigenvalue weighted by molar-refractivity contribution is 8.26. The maximum Gasteiger partial charge on any atom is 0.266 e. The molecular weight excluding hydrogens is 532 g/mol. The Morgan fingerprint density at radius 3 is 2.54 bits per heavy atom. The molecule has 2 unspecified atom stereocenters. The Morgan fingerprint density at radius 2 is 1.89 bits per heavy atom. The normalized spacial score (nSPS) is 21.6. The maximum atomic E-state index is 13.3. The van der Waals surface area contributed by atoms with Crippen molar-refractivity contribution in [3.05, 3.63) is 47.1 Å². The van der Waals surface area contributed by atoms with E-state index in [0.717, 1.165) is 16.9 Å². The summed E-state index contributed by atoms with van der Waals surface area (Å²) in [5.41, 5.74) is -0.530. The molecule has 0 spiro atoms. The first-order chi connectivity index (χ1) is 17.8. The van der Waals surface area contributed by atoms with Crippen LogP contribution in [-0.2, 0) is 9.59 Å². The lowest BCUT2D eigenvalue weighted by Crippen LogP contribution is -2.59. The first-order valence-corrected chi connectivity index (χ1v) is 14.4. The number of aliphatic hydroxyl groups excluding tert-OH is 3. The molecule has 11 heteroatoms. The van der Waals surface area contributed by atoms with Crippen LogP contribution in [0.15, 0.2) is 50.6 Å². The van der Waals surface area contributed by atoms with E-state index in [4.69, 9.17) is 16.6 Å². The Morgan fingerprint density at radius 1 is 1.19 bits per heavy atom. The lowest BCUT2D eigenvalue weighted by molar-refractivity contribution is -0.132. The van der Waals surface area contributed by atoms with Gasteiger partial charge in [0.25, 0.3) is 5.91 Å². The predicted molar refractivity (Wildman–Crippen MR) is 149 cm³/mol.